The van der Waals surface area contributed by atoms with Gasteiger partial charge in [-0.05, 0) is 0 Å². The molecule has 1 heterocycles. The third kappa shape index (κ3) is 6.43. The molecule has 0 saturated heterocycles. The molecule has 0 spiro atoms. The van der Waals surface area contributed by atoms with Crippen molar-refractivity contribution in [3.05, 3.63) is 18.2 Å². The summed E-state index contributed by atoms with van der Waals surface area (Å²) in [5.41, 5.74) is 5.85. The molecule has 0 aliphatic rings. The average molecular weight is 299 g/mol. The van der Waals surface area contributed by atoms with Crippen molar-refractivity contribution < 1.29 is 14.7 Å². The standard InChI is InChI=1S/C9H14N4O3.2ClH/c10-2-1-8(14)13-7(9(15)16)3-6-4-11-5-12-6;;/h4-5,7H,1-3,10H2,(H,11,12)(H,13,14)(H,15,16);2*1H. The topological polar surface area (TPSA) is 121 Å². The van der Waals surface area contributed by atoms with Crippen LogP contribution in [0.3, 0.4) is 0 Å². The number of hydrogen-bond donors (Lipinski definition) is 4. The number of aliphatic carboxylic acids is 1. The van der Waals surface area contributed by atoms with E-state index in [4.69, 9.17) is 10.8 Å². The molecule has 0 radical (unpaired) electrons. The van der Waals surface area contributed by atoms with E-state index in [1.807, 2.05) is 0 Å². The van der Waals surface area contributed by atoms with Gasteiger partial charge in [0.2, 0.25) is 5.91 Å². The van der Waals surface area contributed by atoms with Gasteiger partial charge in [0, 0.05) is 31.3 Å². The zero-order valence-corrected chi connectivity index (χ0v) is 11.1. The highest BCUT2D eigenvalue weighted by Crippen LogP contribution is 1.99. The molecule has 1 rings (SSSR count). The number of H-pyrrole nitrogens is 1. The Hall–Kier alpha value is -1.31. The van der Waals surface area contributed by atoms with E-state index < -0.39 is 12.0 Å². The molecule has 1 aromatic heterocycles. The summed E-state index contributed by atoms with van der Waals surface area (Å²) in [7, 11) is 0. The van der Waals surface area contributed by atoms with E-state index in [9.17, 15) is 9.59 Å². The van der Waals surface area contributed by atoms with Gasteiger partial charge < -0.3 is 21.1 Å². The normalized spacial score (nSPS) is 10.7. The van der Waals surface area contributed by atoms with E-state index in [0.717, 1.165) is 0 Å². The second-order valence-electron chi connectivity index (χ2n) is 3.28. The first-order valence-corrected chi connectivity index (χ1v) is 4.83. The third-order valence-electron chi connectivity index (χ3n) is 1.98. The molecule has 0 bridgehead atoms. The molecule has 1 aromatic rings. The van der Waals surface area contributed by atoms with Crippen molar-refractivity contribution in [1.82, 2.24) is 15.3 Å². The molecule has 1 amide bonds. The summed E-state index contributed by atoms with van der Waals surface area (Å²) in [4.78, 5) is 28.6. The molecule has 1 atom stereocenters. The first-order chi connectivity index (χ1) is 7.63. The molecule has 0 aromatic carbocycles. The third-order valence-corrected chi connectivity index (χ3v) is 1.98. The molecular weight excluding hydrogens is 283 g/mol. The Kier molecular flexibility index (Phi) is 10.3. The Morgan fingerprint density at radius 2 is 2.17 bits per heavy atom. The zero-order valence-electron chi connectivity index (χ0n) is 9.46. The Morgan fingerprint density at radius 1 is 1.50 bits per heavy atom. The molecule has 0 aliphatic heterocycles. The molecule has 7 nitrogen and oxygen atoms in total. The number of amides is 1. The lowest BCUT2D eigenvalue weighted by Crippen LogP contribution is -2.42. The van der Waals surface area contributed by atoms with Crippen molar-refractivity contribution in [2.24, 2.45) is 5.73 Å². The van der Waals surface area contributed by atoms with E-state index in [1.54, 1.807) is 0 Å². The monoisotopic (exact) mass is 298 g/mol. The van der Waals surface area contributed by atoms with Crippen molar-refractivity contribution >= 4 is 36.7 Å². The van der Waals surface area contributed by atoms with E-state index in [-0.39, 0.29) is 50.1 Å². The van der Waals surface area contributed by atoms with Gasteiger partial charge in [-0.15, -0.1) is 24.8 Å². The lowest BCUT2D eigenvalue weighted by atomic mass is 10.1. The van der Waals surface area contributed by atoms with Crippen LogP contribution in [-0.2, 0) is 16.0 Å². The Labute approximate surface area is 116 Å². The van der Waals surface area contributed by atoms with Gasteiger partial charge >= 0.3 is 5.97 Å². The lowest BCUT2D eigenvalue weighted by Gasteiger charge is -2.13. The average Bonchev–Trinajstić information content (AvgIpc) is 2.69. The Morgan fingerprint density at radius 3 is 2.61 bits per heavy atom. The first kappa shape index (κ1) is 19.0. The number of carboxylic acid groups (broad SMARTS) is 1. The smallest absolute Gasteiger partial charge is 0.326 e. The van der Waals surface area contributed by atoms with Crippen LogP contribution in [0.25, 0.3) is 0 Å². The van der Waals surface area contributed by atoms with Crippen LogP contribution < -0.4 is 11.1 Å². The van der Waals surface area contributed by atoms with E-state index in [0.29, 0.717) is 5.69 Å². The molecule has 0 fully saturated rings. The number of rotatable bonds is 6. The zero-order chi connectivity index (χ0) is 12.0. The lowest BCUT2D eigenvalue weighted by molar-refractivity contribution is -0.141. The van der Waals surface area contributed by atoms with Crippen molar-refractivity contribution in [2.45, 2.75) is 18.9 Å². The van der Waals surface area contributed by atoms with Gasteiger partial charge in [-0.3, -0.25) is 4.79 Å². The second-order valence-corrected chi connectivity index (χ2v) is 3.28. The number of hydrogen-bond acceptors (Lipinski definition) is 4. The van der Waals surface area contributed by atoms with Crippen molar-refractivity contribution in [3.8, 4) is 0 Å². The highest BCUT2D eigenvalue weighted by atomic mass is 35.5. The van der Waals surface area contributed by atoms with Crippen LogP contribution in [0.15, 0.2) is 12.5 Å². The molecule has 18 heavy (non-hydrogen) atoms. The number of carbonyl (C=O) groups excluding carboxylic acids is 1. The SMILES string of the molecule is Cl.Cl.NCCC(=O)NC(Cc1cnc[nH]1)C(=O)O. The summed E-state index contributed by atoms with van der Waals surface area (Å²) >= 11 is 0. The highest BCUT2D eigenvalue weighted by molar-refractivity contribution is 5.85. The maximum Gasteiger partial charge on any atom is 0.326 e. The predicted molar refractivity (Wildman–Crippen MR) is 70.0 cm³/mol. The second kappa shape index (κ2) is 9.69. The van der Waals surface area contributed by atoms with Crippen LogP contribution in [0, 0.1) is 0 Å². The Balaban J connectivity index is 0. The van der Waals surface area contributed by atoms with Crippen LogP contribution in [0.2, 0.25) is 0 Å². The number of halogens is 2. The van der Waals surface area contributed by atoms with Gasteiger partial charge in [-0.1, -0.05) is 0 Å². The van der Waals surface area contributed by atoms with Crippen LogP contribution in [0.4, 0.5) is 0 Å². The summed E-state index contributed by atoms with van der Waals surface area (Å²) < 4.78 is 0. The minimum atomic E-state index is -1.08. The molecule has 0 saturated carbocycles. The van der Waals surface area contributed by atoms with Crippen LogP contribution in [0.1, 0.15) is 12.1 Å². The number of carboxylic acids is 1. The van der Waals surface area contributed by atoms with Crippen molar-refractivity contribution in [1.29, 1.82) is 0 Å². The van der Waals surface area contributed by atoms with E-state index in [2.05, 4.69) is 15.3 Å². The maximum absolute atomic E-state index is 11.2. The number of nitrogens with one attached hydrogen (secondary N) is 2. The Bertz CT molecular complexity index is 359. The fraction of sp³-hybridized carbons (Fsp3) is 0.444. The molecule has 0 aliphatic carbocycles. The largest absolute Gasteiger partial charge is 0.480 e. The van der Waals surface area contributed by atoms with Gasteiger partial charge in [0.1, 0.15) is 6.04 Å². The minimum Gasteiger partial charge on any atom is -0.480 e. The number of nitrogens with two attached hydrogens (primary N) is 1. The number of aromatic amines is 1. The molecular formula is C9H16Cl2N4O3. The number of carbonyl (C=O) groups is 2. The molecule has 5 N–H and O–H groups in total. The molecule has 104 valence electrons. The fourth-order valence-corrected chi connectivity index (χ4v) is 1.21. The van der Waals surface area contributed by atoms with Gasteiger partial charge in [0.25, 0.3) is 0 Å². The molecule has 1 unspecified atom stereocenters. The summed E-state index contributed by atoms with van der Waals surface area (Å²) in [6.07, 6.45) is 3.26. The summed E-state index contributed by atoms with van der Waals surface area (Å²) in [5.74, 6) is -1.45. The molecule has 9 heteroatoms. The van der Waals surface area contributed by atoms with Gasteiger partial charge in [0.15, 0.2) is 0 Å². The van der Waals surface area contributed by atoms with Gasteiger partial charge in [0.05, 0.1) is 6.33 Å². The van der Waals surface area contributed by atoms with Crippen molar-refractivity contribution in [2.75, 3.05) is 6.54 Å². The number of imidazole rings is 1. The number of nitrogens with zero attached hydrogens (tertiary/aromatic N) is 1. The summed E-state index contributed by atoms with van der Waals surface area (Å²) in [5, 5.41) is 11.3. The first-order valence-electron chi connectivity index (χ1n) is 4.83. The van der Waals surface area contributed by atoms with Gasteiger partial charge in [-0.25, -0.2) is 9.78 Å². The number of aromatic nitrogens is 2. The fourth-order valence-electron chi connectivity index (χ4n) is 1.21. The van der Waals surface area contributed by atoms with E-state index >= 15 is 0 Å². The predicted octanol–water partition coefficient (Wildman–Crippen LogP) is -0.286. The van der Waals surface area contributed by atoms with E-state index in [1.165, 1.54) is 12.5 Å². The minimum absolute atomic E-state index is 0. The van der Waals surface area contributed by atoms with Crippen molar-refractivity contribution in [3.63, 3.8) is 0 Å². The van der Waals surface area contributed by atoms with Crippen LogP contribution in [-0.4, -0.2) is 39.5 Å². The van der Waals surface area contributed by atoms with Crippen LogP contribution >= 0.6 is 24.8 Å². The van der Waals surface area contributed by atoms with Crippen LogP contribution in [0.5, 0.6) is 0 Å². The summed E-state index contributed by atoms with van der Waals surface area (Å²) in [6.45, 7) is 0.197. The quantitative estimate of drug-likeness (QED) is 0.575. The van der Waals surface area contributed by atoms with Gasteiger partial charge in [-0.2, -0.15) is 0 Å². The maximum atomic E-state index is 11.2. The summed E-state index contributed by atoms with van der Waals surface area (Å²) in [6, 6.07) is -0.959. The highest BCUT2D eigenvalue weighted by Gasteiger charge is 2.20.